The summed E-state index contributed by atoms with van der Waals surface area (Å²) in [6.45, 7) is 4.93. The molecule has 1 unspecified atom stereocenters. The van der Waals surface area contributed by atoms with Crippen molar-refractivity contribution in [3.63, 3.8) is 0 Å². The molecule has 1 amide bonds. The van der Waals surface area contributed by atoms with Crippen molar-refractivity contribution in [2.45, 2.75) is 43.4 Å². The number of hydrogen-bond acceptors (Lipinski definition) is 11. The molecule has 0 bridgehead atoms. The van der Waals surface area contributed by atoms with Gasteiger partial charge in [-0.05, 0) is 68.7 Å². The van der Waals surface area contributed by atoms with E-state index < -0.39 is 5.92 Å². The molecule has 1 aliphatic carbocycles. The van der Waals surface area contributed by atoms with Gasteiger partial charge in [0.05, 0.1) is 36.5 Å². The molecule has 0 radical (unpaired) electrons. The lowest BCUT2D eigenvalue weighted by Crippen LogP contribution is -2.38. The lowest BCUT2D eigenvalue weighted by molar-refractivity contribution is -0.116. The van der Waals surface area contributed by atoms with Crippen molar-refractivity contribution in [3.05, 3.63) is 76.8 Å². The Morgan fingerprint density at radius 1 is 1.10 bits per heavy atom. The highest BCUT2D eigenvalue weighted by molar-refractivity contribution is 8.01. The van der Waals surface area contributed by atoms with Crippen molar-refractivity contribution < 1.29 is 19.1 Å². The van der Waals surface area contributed by atoms with Crippen LogP contribution < -0.4 is 25.4 Å². The Bertz CT molecular complexity index is 1570. The number of aromatic nitrogens is 2. The molecule has 2 heterocycles. The van der Waals surface area contributed by atoms with Gasteiger partial charge in [-0.1, -0.05) is 35.2 Å². The van der Waals surface area contributed by atoms with Gasteiger partial charge in [-0.15, -0.1) is 10.2 Å². The number of amides is 1. The van der Waals surface area contributed by atoms with Crippen LogP contribution in [0.5, 0.6) is 11.5 Å². The summed E-state index contributed by atoms with van der Waals surface area (Å²) in [5, 5.41) is 22.1. The molecule has 42 heavy (non-hydrogen) atoms. The number of ketones is 1. The number of carbonyl (C=O) groups is 2. The number of nitrogens with zero attached hydrogens (tertiary/aromatic N) is 4. The molecule has 5 rings (SSSR count). The molecule has 2 aromatic carbocycles. The number of nitriles is 1. The summed E-state index contributed by atoms with van der Waals surface area (Å²) in [4.78, 5) is 27.6. The Hall–Kier alpha value is -4.34. The molecule has 0 spiro atoms. The molecule has 1 aromatic heterocycles. The topological polar surface area (TPSA) is 143 Å². The number of allylic oxidation sites excluding steroid dienone is 3. The van der Waals surface area contributed by atoms with E-state index in [1.54, 1.807) is 29.2 Å². The van der Waals surface area contributed by atoms with Crippen molar-refractivity contribution in [1.82, 2.24) is 10.2 Å². The van der Waals surface area contributed by atoms with Crippen LogP contribution >= 0.6 is 23.1 Å². The quantitative estimate of drug-likeness (QED) is 0.291. The average Bonchev–Trinajstić information content (AvgIpc) is 3.46. The van der Waals surface area contributed by atoms with Crippen LogP contribution in [0.1, 0.15) is 44.6 Å². The zero-order valence-electron chi connectivity index (χ0n) is 23.3. The predicted octanol–water partition coefficient (Wildman–Crippen LogP) is 5.37. The summed E-state index contributed by atoms with van der Waals surface area (Å²) in [6, 6.07) is 16.9. The number of nitrogens with two attached hydrogens (primary N) is 1. The Labute approximate surface area is 252 Å². The van der Waals surface area contributed by atoms with E-state index in [0.29, 0.717) is 59.0 Å². The predicted molar refractivity (Wildman–Crippen MR) is 162 cm³/mol. The van der Waals surface area contributed by atoms with Crippen LogP contribution in [0.15, 0.2) is 75.5 Å². The number of hydrogen-bond donors (Lipinski definition) is 2. The van der Waals surface area contributed by atoms with Gasteiger partial charge >= 0.3 is 0 Å². The van der Waals surface area contributed by atoms with Crippen molar-refractivity contribution in [1.29, 1.82) is 5.26 Å². The van der Waals surface area contributed by atoms with E-state index in [2.05, 4.69) is 21.6 Å². The molecular formula is C30H30N6O4S2. The number of ether oxygens (including phenoxy) is 2. The van der Waals surface area contributed by atoms with E-state index in [4.69, 9.17) is 15.2 Å². The molecule has 216 valence electrons. The first kappa shape index (κ1) is 29.2. The highest BCUT2D eigenvalue weighted by atomic mass is 32.2. The van der Waals surface area contributed by atoms with Gasteiger partial charge in [0.25, 0.3) is 0 Å². The van der Waals surface area contributed by atoms with Gasteiger partial charge in [0.2, 0.25) is 11.0 Å². The average molecular weight is 603 g/mol. The normalized spacial score (nSPS) is 16.6. The Balaban J connectivity index is 1.36. The molecule has 0 fully saturated rings. The lowest BCUT2D eigenvalue weighted by Gasteiger charge is -2.38. The van der Waals surface area contributed by atoms with Crippen LogP contribution in [0.3, 0.4) is 0 Å². The standard InChI is InChI=1S/C30H30N6O4S2/c1-3-39-20-12-8-18(9-13-20)26-22(16-31)28(32)36(23-6-5-7-24(37)27(23)26)29-34-35-30(42-29)41-17-25(38)33-19-10-14-21(15-11-19)40-4-2/h8-15,26H,3-7,17,32H2,1-2H3,(H,33,38). The van der Waals surface area contributed by atoms with Crippen molar-refractivity contribution in [2.24, 2.45) is 5.73 Å². The monoisotopic (exact) mass is 602 g/mol. The number of anilines is 2. The maximum absolute atomic E-state index is 13.3. The maximum Gasteiger partial charge on any atom is 0.234 e. The van der Waals surface area contributed by atoms with Gasteiger partial charge in [0.15, 0.2) is 10.1 Å². The SMILES string of the molecule is CCOc1ccc(NC(=O)CSc2nnc(N3C(N)=C(C#N)C(c4ccc(OCC)cc4)C4=C3CCCC4=O)s2)cc1. The molecule has 10 nitrogen and oxygen atoms in total. The van der Waals surface area contributed by atoms with Gasteiger partial charge in [0, 0.05) is 23.4 Å². The first-order valence-electron chi connectivity index (χ1n) is 13.6. The van der Waals surface area contributed by atoms with E-state index in [1.165, 1.54) is 23.1 Å². The number of nitrogens with one attached hydrogen (secondary N) is 1. The van der Waals surface area contributed by atoms with Crippen LogP contribution in [0.4, 0.5) is 10.8 Å². The minimum absolute atomic E-state index is 0.00883. The zero-order chi connectivity index (χ0) is 29.6. The van der Waals surface area contributed by atoms with Gasteiger partial charge in [-0.3, -0.25) is 14.5 Å². The van der Waals surface area contributed by atoms with E-state index in [1.807, 2.05) is 38.1 Å². The maximum atomic E-state index is 13.3. The minimum Gasteiger partial charge on any atom is -0.494 e. The van der Waals surface area contributed by atoms with Crippen LogP contribution in [0.2, 0.25) is 0 Å². The van der Waals surface area contributed by atoms with Gasteiger partial charge in [-0.2, -0.15) is 5.26 Å². The molecule has 2 aliphatic rings. The van der Waals surface area contributed by atoms with Crippen LogP contribution in [-0.2, 0) is 9.59 Å². The summed E-state index contributed by atoms with van der Waals surface area (Å²) in [6.07, 6.45) is 1.69. The molecule has 0 saturated heterocycles. The highest BCUT2D eigenvalue weighted by Crippen LogP contribution is 2.47. The summed E-state index contributed by atoms with van der Waals surface area (Å²) < 4.78 is 11.6. The second kappa shape index (κ2) is 13.1. The van der Waals surface area contributed by atoms with Gasteiger partial charge in [0.1, 0.15) is 17.3 Å². The molecule has 1 aliphatic heterocycles. The Kier molecular flexibility index (Phi) is 9.09. The zero-order valence-corrected chi connectivity index (χ0v) is 24.9. The van der Waals surface area contributed by atoms with Gasteiger partial charge < -0.3 is 20.5 Å². The first-order chi connectivity index (χ1) is 20.4. The minimum atomic E-state index is -0.571. The second-order valence-corrected chi connectivity index (χ2v) is 11.6. The van der Waals surface area contributed by atoms with Gasteiger partial charge in [-0.25, -0.2) is 0 Å². The first-order valence-corrected chi connectivity index (χ1v) is 15.4. The summed E-state index contributed by atoms with van der Waals surface area (Å²) >= 11 is 2.51. The highest BCUT2D eigenvalue weighted by Gasteiger charge is 2.41. The fourth-order valence-corrected chi connectivity index (χ4v) is 6.72. The Morgan fingerprint density at radius 2 is 1.76 bits per heavy atom. The number of rotatable bonds is 10. The number of thioether (sulfide) groups is 1. The third kappa shape index (κ3) is 6.12. The lowest BCUT2D eigenvalue weighted by atomic mass is 9.76. The fourth-order valence-electron chi connectivity index (χ4n) is 5.04. The van der Waals surface area contributed by atoms with E-state index >= 15 is 0 Å². The van der Waals surface area contributed by atoms with Crippen LogP contribution in [0, 0.1) is 11.3 Å². The Morgan fingerprint density at radius 3 is 2.40 bits per heavy atom. The molecular weight excluding hydrogens is 573 g/mol. The van der Waals surface area contributed by atoms with Crippen molar-refractivity contribution in [2.75, 3.05) is 29.2 Å². The summed E-state index contributed by atoms with van der Waals surface area (Å²) in [7, 11) is 0. The van der Waals surface area contributed by atoms with Crippen LogP contribution in [0.25, 0.3) is 0 Å². The van der Waals surface area contributed by atoms with E-state index in [0.717, 1.165) is 17.0 Å². The van der Waals surface area contributed by atoms with Crippen LogP contribution in [-0.4, -0.2) is 40.9 Å². The van der Waals surface area contributed by atoms with E-state index in [-0.39, 0.29) is 28.8 Å². The third-order valence-corrected chi connectivity index (χ3v) is 8.84. The van der Waals surface area contributed by atoms with Crippen molar-refractivity contribution >= 4 is 45.6 Å². The summed E-state index contributed by atoms with van der Waals surface area (Å²) in [5.74, 6) is 1.04. The fraction of sp³-hybridized carbons (Fsp3) is 0.300. The second-order valence-electron chi connectivity index (χ2n) is 9.46. The van der Waals surface area contributed by atoms with Crippen molar-refractivity contribution in [3.8, 4) is 17.6 Å². The smallest absolute Gasteiger partial charge is 0.234 e. The molecule has 3 aromatic rings. The number of Topliss-reactive ketones (excluding diaryl/α,β-unsaturated/α-hetero) is 1. The molecule has 0 saturated carbocycles. The molecule has 3 N–H and O–H groups in total. The molecule has 12 heteroatoms. The number of carbonyl (C=O) groups excluding carboxylic acids is 2. The largest absolute Gasteiger partial charge is 0.494 e. The number of benzene rings is 2. The molecule has 1 atom stereocenters. The van der Waals surface area contributed by atoms with E-state index in [9.17, 15) is 14.9 Å². The summed E-state index contributed by atoms with van der Waals surface area (Å²) in [5.41, 5.74) is 9.70. The third-order valence-electron chi connectivity index (χ3n) is 6.80.